The van der Waals surface area contributed by atoms with Gasteiger partial charge in [0.15, 0.2) is 0 Å². The number of urea groups is 1. The normalized spacial score (nSPS) is 15.1. The quantitative estimate of drug-likeness (QED) is 0.330. The number of methoxy groups -OCH3 is 1. The Morgan fingerprint density at radius 1 is 1.11 bits per heavy atom. The van der Waals surface area contributed by atoms with E-state index in [9.17, 15) is 14.4 Å². The van der Waals surface area contributed by atoms with Gasteiger partial charge in [-0.2, -0.15) is 0 Å². The fourth-order valence-corrected chi connectivity index (χ4v) is 4.68. The molecule has 0 bridgehead atoms. The minimum atomic E-state index is -1.14. The Morgan fingerprint density at radius 3 is 2.58 bits per heavy atom. The fraction of sp³-hybridized carbons (Fsp3) is 0.423. The van der Waals surface area contributed by atoms with Gasteiger partial charge in [0.2, 0.25) is 0 Å². The third-order valence-electron chi connectivity index (χ3n) is 6.05. The molecule has 1 aliphatic rings. The van der Waals surface area contributed by atoms with Crippen LogP contribution in [0.25, 0.3) is 0 Å². The second-order valence-corrected chi connectivity index (χ2v) is 9.87. The molecule has 2 atom stereocenters. The molecule has 0 aromatic heterocycles. The van der Waals surface area contributed by atoms with Gasteiger partial charge in [0.25, 0.3) is 5.91 Å². The number of aryl methyl sites for hydroxylation is 1. The van der Waals surface area contributed by atoms with Crippen LogP contribution in [0.1, 0.15) is 54.2 Å². The number of hydrogen-bond acceptors (Lipinski definition) is 5. The minimum Gasteiger partial charge on any atom is -0.467 e. The van der Waals surface area contributed by atoms with Gasteiger partial charge in [-0.3, -0.25) is 4.79 Å². The fourth-order valence-electron chi connectivity index (χ4n) is 4.07. The van der Waals surface area contributed by atoms with E-state index < -0.39 is 23.9 Å². The van der Waals surface area contributed by atoms with E-state index in [1.807, 2.05) is 24.3 Å². The molecule has 0 radical (unpaired) electrons. The van der Waals surface area contributed by atoms with Crippen molar-refractivity contribution in [3.63, 3.8) is 0 Å². The van der Waals surface area contributed by atoms with E-state index in [0.29, 0.717) is 18.2 Å². The number of carbonyl (C=O) groups excluding carboxylic acids is 3. The van der Waals surface area contributed by atoms with Gasteiger partial charge in [-0.05, 0) is 48.4 Å². The third-order valence-corrected chi connectivity index (χ3v) is 6.76. The van der Waals surface area contributed by atoms with Gasteiger partial charge >= 0.3 is 12.0 Å². The Bertz CT molecular complexity index is 1110. The average molecular weight is 535 g/mol. The zero-order valence-corrected chi connectivity index (χ0v) is 22.1. The standard InChI is InChI=1S/C26H32Cl2N4O4/c1-15(2)12-13-29-20-11-9-18(27)22(23(20)28)24(33)31-21(25(34)36-3)14-30-26(35)32-19-10-8-16-6-4-5-7-17(16)19/h4-7,9,11,15,19,21,29H,8,10,12-14H2,1-3H3,(H,31,33)(H2,30,32,35)/t19?,21-/m0/s1. The molecule has 3 rings (SSSR count). The second kappa shape index (κ2) is 12.8. The van der Waals surface area contributed by atoms with E-state index in [-0.39, 0.29) is 28.2 Å². The molecule has 36 heavy (non-hydrogen) atoms. The summed E-state index contributed by atoms with van der Waals surface area (Å²) in [5, 5.41) is 11.6. The van der Waals surface area contributed by atoms with Gasteiger partial charge < -0.3 is 26.0 Å². The summed E-state index contributed by atoms with van der Waals surface area (Å²) in [6, 6.07) is 9.50. The molecule has 0 saturated heterocycles. The van der Waals surface area contributed by atoms with E-state index >= 15 is 0 Å². The number of esters is 1. The molecule has 0 heterocycles. The van der Waals surface area contributed by atoms with Crippen LogP contribution in [0.15, 0.2) is 36.4 Å². The lowest BCUT2D eigenvalue weighted by Gasteiger charge is -2.20. The first-order valence-corrected chi connectivity index (χ1v) is 12.7. The molecule has 0 fully saturated rings. The number of benzene rings is 2. The van der Waals surface area contributed by atoms with Crippen LogP contribution >= 0.6 is 23.2 Å². The summed E-state index contributed by atoms with van der Waals surface area (Å²) in [6.45, 7) is 4.71. The summed E-state index contributed by atoms with van der Waals surface area (Å²) in [7, 11) is 1.20. The summed E-state index contributed by atoms with van der Waals surface area (Å²) in [4.78, 5) is 38.0. The van der Waals surface area contributed by atoms with Gasteiger partial charge in [-0.15, -0.1) is 0 Å². The van der Waals surface area contributed by atoms with Crippen molar-refractivity contribution in [2.75, 3.05) is 25.5 Å². The van der Waals surface area contributed by atoms with Crippen molar-refractivity contribution in [2.45, 2.75) is 45.2 Å². The smallest absolute Gasteiger partial charge is 0.330 e. The maximum absolute atomic E-state index is 13.1. The summed E-state index contributed by atoms with van der Waals surface area (Å²) >= 11 is 12.8. The SMILES string of the molecule is COC(=O)[C@H](CNC(=O)NC1CCc2ccccc21)NC(=O)c1c(Cl)ccc(NCCC(C)C)c1Cl. The van der Waals surface area contributed by atoms with E-state index in [1.165, 1.54) is 12.7 Å². The molecule has 8 nitrogen and oxygen atoms in total. The molecule has 2 aromatic rings. The predicted molar refractivity (Wildman–Crippen MR) is 142 cm³/mol. The van der Waals surface area contributed by atoms with Crippen molar-refractivity contribution >= 4 is 46.8 Å². The number of ether oxygens (including phenoxy) is 1. The first-order valence-electron chi connectivity index (χ1n) is 11.9. The van der Waals surface area contributed by atoms with Gasteiger partial charge in [0.05, 0.1) is 41.0 Å². The lowest BCUT2D eigenvalue weighted by atomic mass is 10.1. The van der Waals surface area contributed by atoms with Gasteiger partial charge in [-0.1, -0.05) is 61.3 Å². The zero-order valence-electron chi connectivity index (χ0n) is 20.6. The first-order chi connectivity index (χ1) is 17.2. The Hall–Kier alpha value is -2.97. The van der Waals surface area contributed by atoms with Crippen molar-refractivity contribution in [1.29, 1.82) is 0 Å². The predicted octanol–water partition coefficient (Wildman–Crippen LogP) is 4.71. The number of amides is 3. The van der Waals surface area contributed by atoms with Crippen LogP contribution in [0.5, 0.6) is 0 Å². The van der Waals surface area contributed by atoms with Crippen LogP contribution in [0, 0.1) is 5.92 Å². The molecule has 1 aliphatic carbocycles. The molecule has 4 N–H and O–H groups in total. The zero-order chi connectivity index (χ0) is 26.2. The number of hydrogen-bond donors (Lipinski definition) is 4. The number of fused-ring (bicyclic) bond motifs is 1. The van der Waals surface area contributed by atoms with Gasteiger partial charge in [0.1, 0.15) is 6.04 Å². The van der Waals surface area contributed by atoms with Crippen LogP contribution < -0.4 is 21.3 Å². The number of carbonyl (C=O) groups is 3. The maximum atomic E-state index is 13.1. The number of halogens is 2. The molecule has 0 saturated carbocycles. The van der Waals surface area contributed by atoms with Gasteiger partial charge in [0, 0.05) is 6.54 Å². The van der Waals surface area contributed by atoms with Crippen LogP contribution in [-0.2, 0) is 16.0 Å². The van der Waals surface area contributed by atoms with Gasteiger partial charge in [-0.25, -0.2) is 9.59 Å². The summed E-state index contributed by atoms with van der Waals surface area (Å²) in [5.41, 5.74) is 2.89. The largest absolute Gasteiger partial charge is 0.467 e. The minimum absolute atomic E-state index is 0.0359. The van der Waals surface area contributed by atoms with Crippen molar-refractivity contribution in [3.05, 3.63) is 63.1 Å². The molecular formula is C26H32Cl2N4O4. The monoisotopic (exact) mass is 534 g/mol. The molecular weight excluding hydrogens is 503 g/mol. The molecule has 2 aromatic carbocycles. The summed E-state index contributed by atoms with van der Waals surface area (Å²) < 4.78 is 4.82. The molecule has 10 heteroatoms. The van der Waals surface area contributed by atoms with E-state index in [1.54, 1.807) is 12.1 Å². The van der Waals surface area contributed by atoms with E-state index in [2.05, 4.69) is 35.1 Å². The highest BCUT2D eigenvalue weighted by molar-refractivity contribution is 6.41. The lowest BCUT2D eigenvalue weighted by Crippen LogP contribution is -2.51. The van der Waals surface area contributed by atoms with Crippen LogP contribution in [0.4, 0.5) is 10.5 Å². The number of anilines is 1. The Labute approximate surface area is 221 Å². The Balaban J connectivity index is 1.64. The van der Waals surface area contributed by atoms with E-state index in [4.69, 9.17) is 27.9 Å². The first kappa shape index (κ1) is 27.6. The maximum Gasteiger partial charge on any atom is 0.330 e. The number of nitrogens with one attached hydrogen (secondary N) is 4. The van der Waals surface area contributed by atoms with E-state index in [0.717, 1.165) is 24.8 Å². The molecule has 194 valence electrons. The molecule has 1 unspecified atom stereocenters. The topological polar surface area (TPSA) is 109 Å². The van der Waals surface area contributed by atoms with Crippen molar-refractivity contribution in [2.24, 2.45) is 5.92 Å². The Morgan fingerprint density at radius 2 is 1.86 bits per heavy atom. The third kappa shape index (κ3) is 7.04. The summed E-state index contributed by atoms with van der Waals surface area (Å²) in [5.74, 6) is -0.867. The molecule has 0 aliphatic heterocycles. The molecule has 0 spiro atoms. The summed E-state index contributed by atoms with van der Waals surface area (Å²) in [6.07, 6.45) is 2.60. The van der Waals surface area contributed by atoms with Crippen molar-refractivity contribution in [3.8, 4) is 0 Å². The van der Waals surface area contributed by atoms with Crippen molar-refractivity contribution < 1.29 is 19.1 Å². The highest BCUT2D eigenvalue weighted by Crippen LogP contribution is 2.32. The van der Waals surface area contributed by atoms with Crippen LogP contribution in [0.3, 0.4) is 0 Å². The Kier molecular flexibility index (Phi) is 9.84. The average Bonchev–Trinajstić information content (AvgIpc) is 3.25. The van der Waals surface area contributed by atoms with Crippen molar-refractivity contribution in [1.82, 2.24) is 16.0 Å². The molecule has 3 amide bonds. The number of rotatable bonds is 10. The second-order valence-electron chi connectivity index (χ2n) is 9.09. The highest BCUT2D eigenvalue weighted by atomic mass is 35.5. The van der Waals surface area contributed by atoms with Crippen LogP contribution in [-0.4, -0.2) is 44.1 Å². The highest BCUT2D eigenvalue weighted by Gasteiger charge is 2.27. The lowest BCUT2D eigenvalue weighted by molar-refractivity contribution is -0.142. The van der Waals surface area contributed by atoms with Crippen LogP contribution in [0.2, 0.25) is 10.0 Å².